The topological polar surface area (TPSA) is 40.5 Å². The van der Waals surface area contributed by atoms with E-state index in [0.717, 1.165) is 49.8 Å². The van der Waals surface area contributed by atoms with Crippen molar-refractivity contribution in [2.45, 2.75) is 134 Å². The van der Waals surface area contributed by atoms with Crippen LogP contribution in [0.5, 0.6) is 0 Å². The molecule has 220 valence electrons. The van der Waals surface area contributed by atoms with Crippen LogP contribution in [0.25, 0.3) is 0 Å². The summed E-state index contributed by atoms with van der Waals surface area (Å²) in [5.41, 5.74) is 0.330. The molecule has 4 rings (SSSR count). The molecule has 39 heavy (non-hydrogen) atoms. The molecule has 0 aromatic heterocycles. The third kappa shape index (κ3) is 9.50. The second-order valence-electron chi connectivity index (χ2n) is 12.9. The van der Waals surface area contributed by atoms with E-state index >= 15 is 0 Å². The number of carbonyl (C=O) groups is 1. The van der Waals surface area contributed by atoms with E-state index in [0.29, 0.717) is 0 Å². The number of nitrogens with zero attached hydrogens (tertiary/aromatic N) is 1. The zero-order chi connectivity index (χ0) is 27.7. The Morgan fingerprint density at radius 3 is 1.72 bits per heavy atom. The molecular formula is C33H50F3NO2. The van der Waals surface area contributed by atoms with Crippen LogP contribution in [0.2, 0.25) is 0 Å². The summed E-state index contributed by atoms with van der Waals surface area (Å²) in [4.78, 5) is 14.3. The first kappa shape index (κ1) is 30.4. The lowest BCUT2D eigenvalue weighted by Gasteiger charge is -2.43. The highest BCUT2D eigenvalue weighted by Crippen LogP contribution is 2.42. The van der Waals surface area contributed by atoms with Gasteiger partial charge >= 0.3 is 12.1 Å². The minimum atomic E-state index is -4.35. The van der Waals surface area contributed by atoms with Crippen LogP contribution in [-0.4, -0.2) is 35.1 Å². The number of carboxylic acid groups (broad SMARTS) is 1. The van der Waals surface area contributed by atoms with Gasteiger partial charge in [-0.3, -0.25) is 9.69 Å². The van der Waals surface area contributed by atoms with Crippen molar-refractivity contribution in [3.8, 4) is 0 Å². The molecule has 3 aliphatic rings. The van der Waals surface area contributed by atoms with Crippen molar-refractivity contribution < 1.29 is 23.1 Å². The molecule has 0 aliphatic heterocycles. The fourth-order valence-electron chi connectivity index (χ4n) is 7.83. The molecule has 0 spiro atoms. The van der Waals surface area contributed by atoms with E-state index in [2.05, 4.69) is 4.90 Å². The number of alkyl halides is 3. The van der Waals surface area contributed by atoms with Crippen molar-refractivity contribution >= 4 is 5.97 Å². The molecular weight excluding hydrogens is 499 g/mol. The van der Waals surface area contributed by atoms with E-state index in [9.17, 15) is 23.1 Å². The van der Waals surface area contributed by atoms with Gasteiger partial charge in [-0.15, -0.1) is 0 Å². The van der Waals surface area contributed by atoms with Gasteiger partial charge in [0.1, 0.15) is 0 Å². The summed E-state index contributed by atoms with van der Waals surface area (Å²) in [6.07, 6.45) is 16.8. The second kappa shape index (κ2) is 14.9. The molecule has 3 aliphatic carbocycles. The first-order valence-electron chi connectivity index (χ1n) is 15.9. The average Bonchev–Trinajstić information content (AvgIpc) is 3.34. The molecule has 0 saturated heterocycles. The van der Waals surface area contributed by atoms with Gasteiger partial charge in [0.2, 0.25) is 0 Å². The van der Waals surface area contributed by atoms with Crippen molar-refractivity contribution in [3.63, 3.8) is 0 Å². The standard InChI is InChI=1S/C33H50F3NO2/c34-33(35,36)29-16-14-28(15-17-29)30-23-27(24-32(38)39)13-18-31(30)37(21-19-25-9-5-1-2-6-10-25)22-20-26-11-7-3-4-8-12-26/h14-17,25-27,30-31H,1-13,18-24H2,(H,38,39)/t27-,30+,31-/m1/s1. The summed E-state index contributed by atoms with van der Waals surface area (Å²) < 4.78 is 39.9. The number of carboxylic acids is 1. The van der Waals surface area contributed by atoms with Crippen molar-refractivity contribution in [2.75, 3.05) is 13.1 Å². The van der Waals surface area contributed by atoms with Crippen molar-refractivity contribution in [2.24, 2.45) is 17.8 Å². The third-order valence-corrected chi connectivity index (χ3v) is 10.1. The van der Waals surface area contributed by atoms with Crippen molar-refractivity contribution in [3.05, 3.63) is 35.4 Å². The van der Waals surface area contributed by atoms with Crippen LogP contribution in [0.3, 0.4) is 0 Å². The summed E-state index contributed by atoms with van der Waals surface area (Å²) in [5, 5.41) is 9.49. The Hall–Kier alpha value is -1.56. The van der Waals surface area contributed by atoms with Crippen LogP contribution >= 0.6 is 0 Å². The van der Waals surface area contributed by atoms with Gasteiger partial charge in [0.25, 0.3) is 0 Å². The zero-order valence-corrected chi connectivity index (χ0v) is 23.8. The number of hydrogen-bond donors (Lipinski definition) is 1. The average molecular weight is 550 g/mol. The van der Waals surface area contributed by atoms with Crippen LogP contribution in [0.15, 0.2) is 24.3 Å². The Bertz CT molecular complexity index is 831. The highest BCUT2D eigenvalue weighted by Gasteiger charge is 2.37. The lowest BCUT2D eigenvalue weighted by Crippen LogP contribution is -2.45. The van der Waals surface area contributed by atoms with Gasteiger partial charge < -0.3 is 5.11 Å². The Labute approximate surface area is 233 Å². The number of aliphatic carboxylic acids is 1. The maximum atomic E-state index is 13.3. The van der Waals surface area contributed by atoms with E-state index < -0.39 is 17.7 Å². The Morgan fingerprint density at radius 2 is 1.26 bits per heavy atom. The molecule has 0 heterocycles. The second-order valence-corrected chi connectivity index (χ2v) is 12.9. The maximum Gasteiger partial charge on any atom is 0.416 e. The third-order valence-electron chi connectivity index (χ3n) is 10.1. The van der Waals surface area contributed by atoms with Crippen LogP contribution in [0, 0.1) is 17.8 Å². The summed E-state index contributed by atoms with van der Waals surface area (Å²) in [7, 11) is 0. The number of rotatable bonds is 10. The van der Waals surface area contributed by atoms with Gasteiger partial charge in [-0.2, -0.15) is 13.2 Å². The minimum absolute atomic E-state index is 0.0775. The summed E-state index contributed by atoms with van der Waals surface area (Å²) in [6.45, 7) is 2.12. The van der Waals surface area contributed by atoms with Crippen LogP contribution < -0.4 is 0 Å². The van der Waals surface area contributed by atoms with Crippen molar-refractivity contribution in [1.82, 2.24) is 4.90 Å². The predicted molar refractivity (Wildman–Crippen MR) is 151 cm³/mol. The Kier molecular flexibility index (Phi) is 11.6. The van der Waals surface area contributed by atoms with E-state index in [-0.39, 0.29) is 24.3 Å². The molecule has 0 bridgehead atoms. The monoisotopic (exact) mass is 549 g/mol. The molecule has 3 atom stereocenters. The lowest BCUT2D eigenvalue weighted by atomic mass is 9.72. The fraction of sp³-hybridized carbons (Fsp3) is 0.788. The van der Waals surface area contributed by atoms with E-state index in [1.165, 1.54) is 102 Å². The number of halogens is 3. The van der Waals surface area contributed by atoms with E-state index in [4.69, 9.17) is 0 Å². The van der Waals surface area contributed by atoms with Gasteiger partial charge in [-0.05, 0) is 86.6 Å². The van der Waals surface area contributed by atoms with Crippen LogP contribution in [0.1, 0.15) is 133 Å². The minimum Gasteiger partial charge on any atom is -0.481 e. The normalized spacial score (nSPS) is 26.3. The molecule has 1 aromatic carbocycles. The lowest BCUT2D eigenvalue weighted by molar-refractivity contribution is -0.139. The molecule has 3 nitrogen and oxygen atoms in total. The molecule has 1 N–H and O–H groups in total. The van der Waals surface area contributed by atoms with E-state index in [1.54, 1.807) is 12.1 Å². The van der Waals surface area contributed by atoms with Gasteiger partial charge in [0.15, 0.2) is 0 Å². The Morgan fingerprint density at radius 1 is 0.744 bits per heavy atom. The van der Waals surface area contributed by atoms with Gasteiger partial charge in [-0.25, -0.2) is 0 Å². The highest BCUT2D eigenvalue weighted by atomic mass is 19.4. The molecule has 3 fully saturated rings. The maximum absolute atomic E-state index is 13.3. The molecule has 3 saturated carbocycles. The zero-order valence-electron chi connectivity index (χ0n) is 23.8. The highest BCUT2D eigenvalue weighted by molar-refractivity contribution is 5.67. The van der Waals surface area contributed by atoms with Crippen LogP contribution in [0.4, 0.5) is 13.2 Å². The molecule has 0 amide bonds. The van der Waals surface area contributed by atoms with Gasteiger partial charge in [-0.1, -0.05) is 89.2 Å². The van der Waals surface area contributed by atoms with E-state index in [1.807, 2.05) is 0 Å². The first-order chi connectivity index (χ1) is 18.8. The van der Waals surface area contributed by atoms with Crippen molar-refractivity contribution in [1.29, 1.82) is 0 Å². The van der Waals surface area contributed by atoms with Crippen LogP contribution in [-0.2, 0) is 11.0 Å². The summed E-state index contributed by atoms with van der Waals surface area (Å²) >= 11 is 0. The Balaban J connectivity index is 1.53. The predicted octanol–water partition coefficient (Wildman–Crippen LogP) is 9.46. The largest absolute Gasteiger partial charge is 0.481 e. The summed E-state index contributed by atoms with van der Waals surface area (Å²) in [5.74, 6) is 0.940. The van der Waals surface area contributed by atoms with Gasteiger partial charge in [0, 0.05) is 12.5 Å². The van der Waals surface area contributed by atoms with Gasteiger partial charge in [0.05, 0.1) is 5.56 Å². The smallest absolute Gasteiger partial charge is 0.416 e. The summed E-state index contributed by atoms with van der Waals surface area (Å²) in [6, 6.07) is 6.03. The fourth-order valence-corrected chi connectivity index (χ4v) is 7.83. The molecule has 0 radical (unpaired) electrons. The number of benzene rings is 1. The molecule has 0 unspecified atom stereocenters. The quantitative estimate of drug-likeness (QED) is 0.296. The molecule has 6 heteroatoms. The molecule has 1 aromatic rings. The first-order valence-corrected chi connectivity index (χ1v) is 15.9. The number of hydrogen-bond acceptors (Lipinski definition) is 2. The SMILES string of the molecule is O=C(O)C[C@@H]1CC[C@@H](N(CCC2CCCCCC2)CCC2CCCCCC2)[C@H](c2ccc(C(F)(F)F)cc2)C1.